The highest BCUT2D eigenvalue weighted by atomic mass is 32.1. The van der Waals surface area contributed by atoms with Crippen LogP contribution in [0, 0.1) is 0 Å². The fourth-order valence-electron chi connectivity index (χ4n) is 2.02. The lowest BCUT2D eigenvalue weighted by molar-refractivity contribution is 0.419. The van der Waals surface area contributed by atoms with Gasteiger partial charge in [0.25, 0.3) is 5.56 Å². The predicted molar refractivity (Wildman–Crippen MR) is 87.8 cm³/mol. The molecule has 0 bridgehead atoms. The second kappa shape index (κ2) is 5.44. The molecule has 1 N–H and O–H groups in total. The average molecular weight is 290 g/mol. The Balaban J connectivity index is 2.64. The molecule has 0 unspecified atom stereocenters. The number of aromatic nitrogens is 1. The van der Waals surface area contributed by atoms with E-state index in [1.165, 1.54) is 11.5 Å². The Labute approximate surface area is 124 Å². The van der Waals surface area contributed by atoms with E-state index < -0.39 is 0 Å². The van der Waals surface area contributed by atoms with Crippen LogP contribution < -0.4 is 10.9 Å². The number of hydrogen-bond acceptors (Lipinski definition) is 3. The highest BCUT2D eigenvalue weighted by Crippen LogP contribution is 2.33. The zero-order valence-corrected chi connectivity index (χ0v) is 13.5. The first kappa shape index (κ1) is 14.9. The standard InChI is InChI=1S/C16H22N2OS/c1-11(2)17-13-14(12-9-7-6-8-10-12)20-18(15(13)19)16(3,4)5/h6-11,17H,1-5H3. The predicted octanol–water partition coefficient (Wildman–Crippen LogP) is 4.15. The molecule has 108 valence electrons. The molecule has 4 heteroatoms. The van der Waals surface area contributed by atoms with Crippen molar-refractivity contribution in [2.45, 2.75) is 46.2 Å². The fourth-order valence-corrected chi connectivity index (χ4v) is 3.13. The highest BCUT2D eigenvalue weighted by molar-refractivity contribution is 7.11. The summed E-state index contributed by atoms with van der Waals surface area (Å²) < 4.78 is 1.85. The lowest BCUT2D eigenvalue weighted by atomic mass is 10.1. The van der Waals surface area contributed by atoms with Gasteiger partial charge >= 0.3 is 0 Å². The number of nitrogens with zero attached hydrogens (tertiary/aromatic N) is 1. The van der Waals surface area contributed by atoms with Crippen LogP contribution in [0.1, 0.15) is 34.6 Å². The third-order valence-corrected chi connectivity index (χ3v) is 4.40. The summed E-state index contributed by atoms with van der Waals surface area (Å²) in [5.74, 6) is 0. The third-order valence-electron chi connectivity index (χ3n) is 2.89. The Bertz CT molecular complexity index is 633. The Morgan fingerprint density at radius 1 is 1.15 bits per heavy atom. The molecule has 1 aromatic heterocycles. The molecule has 1 heterocycles. The monoisotopic (exact) mass is 290 g/mol. The van der Waals surface area contributed by atoms with E-state index in [2.05, 4.69) is 26.1 Å². The quantitative estimate of drug-likeness (QED) is 0.921. The van der Waals surface area contributed by atoms with Gasteiger partial charge in [-0.15, -0.1) is 0 Å². The van der Waals surface area contributed by atoms with E-state index in [0.29, 0.717) is 5.69 Å². The van der Waals surface area contributed by atoms with Gasteiger partial charge in [0.2, 0.25) is 0 Å². The van der Waals surface area contributed by atoms with Crippen molar-refractivity contribution in [2.75, 3.05) is 5.32 Å². The van der Waals surface area contributed by atoms with Gasteiger partial charge in [-0.3, -0.25) is 8.75 Å². The van der Waals surface area contributed by atoms with Crippen LogP contribution in [0.2, 0.25) is 0 Å². The summed E-state index contributed by atoms with van der Waals surface area (Å²) in [4.78, 5) is 13.7. The summed E-state index contributed by atoms with van der Waals surface area (Å²) in [6.07, 6.45) is 0. The molecule has 0 saturated heterocycles. The van der Waals surface area contributed by atoms with Crippen molar-refractivity contribution >= 4 is 17.2 Å². The van der Waals surface area contributed by atoms with Gasteiger partial charge < -0.3 is 5.32 Å². The van der Waals surface area contributed by atoms with E-state index in [0.717, 1.165) is 10.4 Å². The molecule has 0 radical (unpaired) electrons. The van der Waals surface area contributed by atoms with E-state index in [1.807, 2.05) is 48.1 Å². The van der Waals surface area contributed by atoms with Gasteiger partial charge in [-0.25, -0.2) is 0 Å². The molecule has 1 aromatic carbocycles. The summed E-state index contributed by atoms with van der Waals surface area (Å²) in [5.41, 5.74) is 1.66. The molecule has 0 spiro atoms. The number of benzene rings is 1. The van der Waals surface area contributed by atoms with Crippen LogP contribution in [0.4, 0.5) is 5.69 Å². The van der Waals surface area contributed by atoms with Crippen molar-refractivity contribution in [3.8, 4) is 10.4 Å². The Morgan fingerprint density at radius 2 is 1.75 bits per heavy atom. The van der Waals surface area contributed by atoms with Crippen LogP contribution in [0.3, 0.4) is 0 Å². The Morgan fingerprint density at radius 3 is 2.25 bits per heavy atom. The van der Waals surface area contributed by atoms with E-state index in [-0.39, 0.29) is 17.1 Å². The highest BCUT2D eigenvalue weighted by Gasteiger charge is 2.23. The molecule has 0 atom stereocenters. The molecule has 2 aromatic rings. The number of hydrogen-bond donors (Lipinski definition) is 1. The summed E-state index contributed by atoms with van der Waals surface area (Å²) >= 11 is 1.53. The van der Waals surface area contributed by atoms with E-state index in [4.69, 9.17) is 0 Å². The summed E-state index contributed by atoms with van der Waals surface area (Å²) in [7, 11) is 0. The maximum atomic E-state index is 12.7. The second-order valence-electron chi connectivity index (χ2n) is 6.23. The average Bonchev–Trinajstić information content (AvgIpc) is 2.67. The first-order valence-electron chi connectivity index (χ1n) is 6.89. The molecule has 2 rings (SSSR count). The van der Waals surface area contributed by atoms with Crippen LogP contribution in [0.5, 0.6) is 0 Å². The van der Waals surface area contributed by atoms with Gasteiger partial charge in [0.05, 0.1) is 10.4 Å². The minimum atomic E-state index is -0.206. The van der Waals surface area contributed by atoms with Gasteiger partial charge in [0, 0.05) is 6.04 Å². The zero-order valence-electron chi connectivity index (χ0n) is 12.7. The molecule has 0 aliphatic rings. The number of anilines is 1. The van der Waals surface area contributed by atoms with Gasteiger partial charge in [0.15, 0.2) is 0 Å². The molecule has 20 heavy (non-hydrogen) atoms. The number of nitrogens with one attached hydrogen (secondary N) is 1. The van der Waals surface area contributed by atoms with Crippen LogP contribution in [0.25, 0.3) is 10.4 Å². The Hall–Kier alpha value is -1.55. The summed E-state index contributed by atoms with van der Waals surface area (Å²) in [6.45, 7) is 10.3. The molecule has 0 saturated carbocycles. The van der Waals surface area contributed by atoms with Crippen LogP contribution in [-0.2, 0) is 5.54 Å². The molecule has 0 fully saturated rings. The van der Waals surface area contributed by atoms with Crippen molar-refractivity contribution < 1.29 is 0 Å². The van der Waals surface area contributed by atoms with Crippen molar-refractivity contribution in [1.82, 2.24) is 3.96 Å². The second-order valence-corrected chi connectivity index (χ2v) is 7.19. The van der Waals surface area contributed by atoms with Crippen molar-refractivity contribution in [2.24, 2.45) is 0 Å². The maximum absolute atomic E-state index is 12.7. The first-order valence-corrected chi connectivity index (χ1v) is 7.67. The molecular weight excluding hydrogens is 268 g/mol. The summed E-state index contributed by atoms with van der Waals surface area (Å²) in [5, 5.41) is 3.31. The SMILES string of the molecule is CC(C)Nc1c(-c2ccccc2)sn(C(C)(C)C)c1=O. The topological polar surface area (TPSA) is 34.0 Å². The van der Waals surface area contributed by atoms with E-state index in [9.17, 15) is 4.79 Å². The third kappa shape index (κ3) is 2.96. The normalized spacial score (nSPS) is 11.9. The van der Waals surface area contributed by atoms with E-state index in [1.54, 1.807) is 0 Å². The van der Waals surface area contributed by atoms with Crippen LogP contribution in [-0.4, -0.2) is 10.00 Å². The zero-order chi connectivity index (χ0) is 14.9. The van der Waals surface area contributed by atoms with Crippen molar-refractivity contribution in [3.05, 3.63) is 40.7 Å². The largest absolute Gasteiger partial charge is 0.377 e. The van der Waals surface area contributed by atoms with Crippen LogP contribution in [0.15, 0.2) is 35.1 Å². The van der Waals surface area contributed by atoms with Gasteiger partial charge in [-0.1, -0.05) is 41.9 Å². The lowest BCUT2D eigenvalue weighted by Crippen LogP contribution is -2.31. The molecule has 0 aliphatic carbocycles. The van der Waals surface area contributed by atoms with Gasteiger partial charge in [-0.05, 0) is 40.2 Å². The smallest absolute Gasteiger partial charge is 0.285 e. The molecular formula is C16H22N2OS. The van der Waals surface area contributed by atoms with Crippen LogP contribution >= 0.6 is 11.5 Å². The lowest BCUT2D eigenvalue weighted by Gasteiger charge is -2.18. The minimum absolute atomic E-state index is 0.0649. The molecule has 0 aliphatic heterocycles. The number of rotatable bonds is 3. The molecule has 0 amide bonds. The fraction of sp³-hybridized carbons (Fsp3) is 0.438. The Kier molecular flexibility index (Phi) is 4.04. The first-order chi connectivity index (χ1) is 9.30. The van der Waals surface area contributed by atoms with Gasteiger partial charge in [-0.2, -0.15) is 0 Å². The minimum Gasteiger partial charge on any atom is -0.377 e. The van der Waals surface area contributed by atoms with E-state index >= 15 is 0 Å². The van der Waals surface area contributed by atoms with Crippen molar-refractivity contribution in [3.63, 3.8) is 0 Å². The van der Waals surface area contributed by atoms with Crippen molar-refractivity contribution in [1.29, 1.82) is 0 Å². The summed E-state index contributed by atoms with van der Waals surface area (Å²) in [6, 6.07) is 10.3. The molecule has 3 nitrogen and oxygen atoms in total. The maximum Gasteiger partial charge on any atom is 0.285 e. The van der Waals surface area contributed by atoms with Gasteiger partial charge in [0.1, 0.15) is 5.69 Å².